The fraction of sp³-hybridized carbons (Fsp3) is 0.450. The standard InChI is InChI=1S/C20H24N4O/c25-20(21-13-15-8-9-15)17-7-4-12-24(14-17)19-11-10-18(22-23-19)16-5-2-1-3-6-16/h1-3,5-6,10-11,15,17H,4,7-9,12-14H2,(H,21,25)/t17-/m0/s1. The molecule has 1 atom stereocenters. The largest absolute Gasteiger partial charge is 0.356 e. The fourth-order valence-electron chi connectivity index (χ4n) is 3.37. The highest BCUT2D eigenvalue weighted by Gasteiger charge is 2.28. The Bertz CT molecular complexity index is 712. The summed E-state index contributed by atoms with van der Waals surface area (Å²) in [6.07, 6.45) is 4.51. The summed E-state index contributed by atoms with van der Waals surface area (Å²) in [4.78, 5) is 14.6. The molecule has 1 N–H and O–H groups in total. The monoisotopic (exact) mass is 336 g/mol. The van der Waals surface area contributed by atoms with E-state index in [4.69, 9.17) is 0 Å². The van der Waals surface area contributed by atoms with Crippen LogP contribution in [0.2, 0.25) is 0 Å². The number of nitrogens with zero attached hydrogens (tertiary/aromatic N) is 3. The molecule has 2 aromatic rings. The molecule has 130 valence electrons. The molecule has 5 nitrogen and oxygen atoms in total. The lowest BCUT2D eigenvalue weighted by atomic mass is 9.97. The number of hydrogen-bond donors (Lipinski definition) is 1. The van der Waals surface area contributed by atoms with Gasteiger partial charge in [-0.25, -0.2) is 0 Å². The van der Waals surface area contributed by atoms with Crippen LogP contribution in [0.4, 0.5) is 5.82 Å². The van der Waals surface area contributed by atoms with Gasteiger partial charge in [0.15, 0.2) is 5.82 Å². The SMILES string of the molecule is O=C(NCC1CC1)[C@H]1CCCN(c2ccc(-c3ccccc3)nn2)C1. The molecular formula is C20H24N4O. The van der Waals surface area contributed by atoms with E-state index in [2.05, 4.69) is 20.4 Å². The smallest absolute Gasteiger partial charge is 0.224 e. The van der Waals surface area contributed by atoms with Gasteiger partial charge in [-0.1, -0.05) is 30.3 Å². The molecule has 2 heterocycles. The van der Waals surface area contributed by atoms with Gasteiger partial charge in [-0.05, 0) is 43.7 Å². The van der Waals surface area contributed by atoms with Crippen molar-refractivity contribution in [1.29, 1.82) is 0 Å². The van der Waals surface area contributed by atoms with Crippen LogP contribution in [-0.4, -0.2) is 35.7 Å². The summed E-state index contributed by atoms with van der Waals surface area (Å²) < 4.78 is 0. The number of piperidine rings is 1. The normalized spacial score (nSPS) is 20.3. The first kappa shape index (κ1) is 16.1. The molecule has 1 saturated heterocycles. The van der Waals surface area contributed by atoms with Crippen molar-refractivity contribution >= 4 is 11.7 Å². The quantitative estimate of drug-likeness (QED) is 0.912. The van der Waals surface area contributed by atoms with Crippen molar-refractivity contribution in [2.45, 2.75) is 25.7 Å². The molecule has 25 heavy (non-hydrogen) atoms. The van der Waals surface area contributed by atoms with E-state index >= 15 is 0 Å². The van der Waals surface area contributed by atoms with Crippen LogP contribution in [0, 0.1) is 11.8 Å². The van der Waals surface area contributed by atoms with Gasteiger partial charge in [-0.15, -0.1) is 10.2 Å². The van der Waals surface area contributed by atoms with Gasteiger partial charge >= 0.3 is 0 Å². The highest BCUT2D eigenvalue weighted by molar-refractivity contribution is 5.79. The maximum Gasteiger partial charge on any atom is 0.224 e. The van der Waals surface area contributed by atoms with Crippen molar-refractivity contribution in [3.8, 4) is 11.3 Å². The van der Waals surface area contributed by atoms with Gasteiger partial charge in [-0.2, -0.15) is 0 Å². The summed E-state index contributed by atoms with van der Waals surface area (Å²) in [5.41, 5.74) is 1.94. The van der Waals surface area contributed by atoms with Gasteiger partial charge in [0.1, 0.15) is 0 Å². The van der Waals surface area contributed by atoms with E-state index in [0.29, 0.717) is 0 Å². The zero-order chi connectivity index (χ0) is 17.1. The summed E-state index contributed by atoms with van der Waals surface area (Å²) in [7, 11) is 0. The molecule has 0 unspecified atom stereocenters. The molecule has 0 spiro atoms. The first-order valence-corrected chi connectivity index (χ1v) is 9.21. The second-order valence-electron chi connectivity index (χ2n) is 7.12. The van der Waals surface area contributed by atoms with Crippen molar-refractivity contribution < 1.29 is 4.79 Å². The van der Waals surface area contributed by atoms with Crippen molar-refractivity contribution in [3.05, 3.63) is 42.5 Å². The second kappa shape index (κ2) is 7.21. The van der Waals surface area contributed by atoms with Crippen LogP contribution in [0.1, 0.15) is 25.7 Å². The van der Waals surface area contributed by atoms with Crippen molar-refractivity contribution in [2.75, 3.05) is 24.5 Å². The number of anilines is 1. The molecule has 5 heteroatoms. The fourth-order valence-corrected chi connectivity index (χ4v) is 3.37. The number of hydrogen-bond acceptors (Lipinski definition) is 4. The Labute approximate surface area is 148 Å². The third-order valence-corrected chi connectivity index (χ3v) is 5.10. The predicted octanol–water partition coefficient (Wildman–Crippen LogP) is 2.89. The average molecular weight is 336 g/mol. The van der Waals surface area contributed by atoms with E-state index in [9.17, 15) is 4.79 Å². The first-order valence-electron chi connectivity index (χ1n) is 9.21. The molecule has 1 saturated carbocycles. The van der Waals surface area contributed by atoms with Crippen LogP contribution in [0.5, 0.6) is 0 Å². The van der Waals surface area contributed by atoms with Gasteiger partial charge in [0.2, 0.25) is 5.91 Å². The maximum absolute atomic E-state index is 12.4. The number of carbonyl (C=O) groups is 1. The number of benzene rings is 1. The Hall–Kier alpha value is -2.43. The minimum absolute atomic E-state index is 0.0584. The van der Waals surface area contributed by atoms with Crippen molar-refractivity contribution in [1.82, 2.24) is 15.5 Å². The second-order valence-corrected chi connectivity index (χ2v) is 7.12. The minimum Gasteiger partial charge on any atom is -0.356 e. The predicted molar refractivity (Wildman–Crippen MR) is 98.1 cm³/mol. The highest BCUT2D eigenvalue weighted by atomic mass is 16.1. The van der Waals surface area contributed by atoms with E-state index in [1.807, 2.05) is 42.5 Å². The first-order chi connectivity index (χ1) is 12.3. The molecule has 1 aliphatic carbocycles. The molecule has 1 amide bonds. The van der Waals surface area contributed by atoms with Gasteiger partial charge < -0.3 is 10.2 Å². The Morgan fingerprint density at radius 1 is 1.08 bits per heavy atom. The molecule has 0 bridgehead atoms. The summed E-state index contributed by atoms with van der Waals surface area (Å²) in [6, 6.07) is 14.1. The molecule has 2 aliphatic rings. The minimum atomic E-state index is 0.0584. The van der Waals surface area contributed by atoms with Crippen LogP contribution in [0.25, 0.3) is 11.3 Å². The zero-order valence-electron chi connectivity index (χ0n) is 14.4. The van der Waals surface area contributed by atoms with Crippen LogP contribution in [0.15, 0.2) is 42.5 Å². The molecule has 1 aromatic heterocycles. The van der Waals surface area contributed by atoms with E-state index < -0.39 is 0 Å². The lowest BCUT2D eigenvalue weighted by Gasteiger charge is -2.32. The Morgan fingerprint density at radius 3 is 2.64 bits per heavy atom. The summed E-state index contributed by atoms with van der Waals surface area (Å²) in [5, 5.41) is 11.9. The van der Waals surface area contributed by atoms with Crippen molar-refractivity contribution in [3.63, 3.8) is 0 Å². The third kappa shape index (κ3) is 3.98. The molecule has 0 radical (unpaired) electrons. The lowest BCUT2D eigenvalue weighted by molar-refractivity contribution is -0.125. The van der Waals surface area contributed by atoms with Gasteiger partial charge in [0.25, 0.3) is 0 Å². The van der Waals surface area contributed by atoms with Crippen LogP contribution in [0.3, 0.4) is 0 Å². The molecular weight excluding hydrogens is 312 g/mol. The maximum atomic E-state index is 12.4. The summed E-state index contributed by atoms with van der Waals surface area (Å²) in [6.45, 7) is 2.52. The number of aromatic nitrogens is 2. The molecule has 4 rings (SSSR count). The molecule has 1 aromatic carbocycles. The average Bonchev–Trinajstić information content (AvgIpc) is 3.51. The zero-order valence-corrected chi connectivity index (χ0v) is 14.4. The van der Waals surface area contributed by atoms with Crippen molar-refractivity contribution in [2.24, 2.45) is 11.8 Å². The number of nitrogens with one attached hydrogen (secondary N) is 1. The van der Waals surface area contributed by atoms with Crippen LogP contribution in [-0.2, 0) is 4.79 Å². The van der Waals surface area contributed by atoms with E-state index in [0.717, 1.165) is 55.5 Å². The molecule has 1 aliphatic heterocycles. The van der Waals surface area contributed by atoms with Crippen LogP contribution < -0.4 is 10.2 Å². The van der Waals surface area contributed by atoms with E-state index in [1.165, 1.54) is 12.8 Å². The number of amides is 1. The van der Waals surface area contributed by atoms with Crippen LogP contribution >= 0.6 is 0 Å². The topological polar surface area (TPSA) is 58.1 Å². The summed E-state index contributed by atoms with van der Waals surface area (Å²) >= 11 is 0. The number of rotatable bonds is 5. The third-order valence-electron chi connectivity index (χ3n) is 5.10. The van der Waals surface area contributed by atoms with E-state index in [1.54, 1.807) is 0 Å². The lowest BCUT2D eigenvalue weighted by Crippen LogP contribution is -2.43. The number of carbonyl (C=O) groups excluding carboxylic acids is 1. The van der Waals surface area contributed by atoms with Gasteiger partial charge in [0, 0.05) is 25.2 Å². The Kier molecular flexibility index (Phi) is 4.63. The van der Waals surface area contributed by atoms with Gasteiger partial charge in [-0.3, -0.25) is 4.79 Å². The highest BCUT2D eigenvalue weighted by Crippen LogP contribution is 2.28. The summed E-state index contributed by atoms with van der Waals surface area (Å²) in [5.74, 6) is 1.84. The Balaban J connectivity index is 1.39. The van der Waals surface area contributed by atoms with Gasteiger partial charge in [0.05, 0.1) is 11.6 Å². The Morgan fingerprint density at radius 2 is 1.92 bits per heavy atom. The molecule has 2 fully saturated rings. The van der Waals surface area contributed by atoms with E-state index in [-0.39, 0.29) is 11.8 Å².